The molecule has 106 valence electrons. The summed E-state index contributed by atoms with van der Waals surface area (Å²) in [5, 5.41) is 3.44. The maximum atomic E-state index is 3.72. The van der Waals surface area contributed by atoms with Gasteiger partial charge in [0.2, 0.25) is 0 Å². The SMILES string of the molecule is CNC(Cc1cc(C)cc(C)c1)c1cccc(C)c1Br. The van der Waals surface area contributed by atoms with Crippen molar-refractivity contribution in [1.82, 2.24) is 5.32 Å². The van der Waals surface area contributed by atoms with Gasteiger partial charge in [-0.3, -0.25) is 0 Å². The zero-order valence-electron chi connectivity index (χ0n) is 12.6. The van der Waals surface area contributed by atoms with Crippen LogP contribution in [-0.4, -0.2) is 7.05 Å². The van der Waals surface area contributed by atoms with E-state index in [-0.39, 0.29) is 0 Å². The molecule has 20 heavy (non-hydrogen) atoms. The minimum Gasteiger partial charge on any atom is -0.313 e. The van der Waals surface area contributed by atoms with Crippen molar-refractivity contribution >= 4 is 15.9 Å². The molecule has 2 aromatic rings. The highest BCUT2D eigenvalue weighted by Gasteiger charge is 2.14. The number of hydrogen-bond donors (Lipinski definition) is 1. The molecule has 1 nitrogen and oxygen atoms in total. The molecule has 0 amide bonds. The van der Waals surface area contributed by atoms with Crippen molar-refractivity contribution in [2.75, 3.05) is 7.05 Å². The van der Waals surface area contributed by atoms with E-state index in [4.69, 9.17) is 0 Å². The van der Waals surface area contributed by atoms with Gasteiger partial charge in [-0.25, -0.2) is 0 Å². The molecule has 0 saturated heterocycles. The second-order valence-corrected chi connectivity index (χ2v) is 6.31. The van der Waals surface area contributed by atoms with Crippen molar-refractivity contribution in [1.29, 1.82) is 0 Å². The molecule has 2 heteroatoms. The summed E-state index contributed by atoms with van der Waals surface area (Å²) >= 11 is 3.72. The summed E-state index contributed by atoms with van der Waals surface area (Å²) < 4.78 is 1.21. The fourth-order valence-corrected chi connectivity index (χ4v) is 3.27. The van der Waals surface area contributed by atoms with Crippen LogP contribution in [0, 0.1) is 20.8 Å². The molecule has 0 saturated carbocycles. The third kappa shape index (κ3) is 3.50. The van der Waals surface area contributed by atoms with Crippen LogP contribution in [0.4, 0.5) is 0 Å². The Morgan fingerprint density at radius 3 is 2.30 bits per heavy atom. The molecule has 0 aliphatic rings. The molecule has 1 N–H and O–H groups in total. The normalized spacial score (nSPS) is 12.4. The molecule has 0 heterocycles. The van der Waals surface area contributed by atoms with Crippen molar-refractivity contribution in [3.8, 4) is 0 Å². The molecule has 0 spiro atoms. The zero-order chi connectivity index (χ0) is 14.7. The predicted molar refractivity (Wildman–Crippen MR) is 90.3 cm³/mol. The van der Waals surface area contributed by atoms with Crippen molar-refractivity contribution in [2.24, 2.45) is 0 Å². The van der Waals surface area contributed by atoms with Gasteiger partial charge in [-0.15, -0.1) is 0 Å². The van der Waals surface area contributed by atoms with E-state index in [2.05, 4.69) is 78.4 Å². The standard InChI is InChI=1S/C18H22BrN/c1-12-8-13(2)10-15(9-12)11-17(20-4)16-7-5-6-14(3)18(16)19/h5-10,17,20H,11H2,1-4H3. The van der Waals surface area contributed by atoms with E-state index < -0.39 is 0 Å². The molecule has 2 aromatic carbocycles. The summed E-state index contributed by atoms with van der Waals surface area (Å²) in [7, 11) is 2.03. The van der Waals surface area contributed by atoms with E-state index >= 15 is 0 Å². The van der Waals surface area contributed by atoms with Gasteiger partial charge < -0.3 is 5.32 Å². The van der Waals surface area contributed by atoms with Gasteiger partial charge in [-0.2, -0.15) is 0 Å². The van der Waals surface area contributed by atoms with Crippen molar-refractivity contribution in [3.63, 3.8) is 0 Å². The molecular weight excluding hydrogens is 310 g/mol. The van der Waals surface area contributed by atoms with Crippen LogP contribution in [0.1, 0.15) is 33.9 Å². The first-order chi connectivity index (χ1) is 9.51. The second-order valence-electron chi connectivity index (χ2n) is 5.52. The number of aryl methyl sites for hydroxylation is 3. The minimum absolute atomic E-state index is 0.325. The second kappa shape index (κ2) is 6.55. The molecule has 0 aromatic heterocycles. The van der Waals surface area contributed by atoms with E-state index in [1.54, 1.807) is 0 Å². The maximum Gasteiger partial charge on any atom is 0.0369 e. The smallest absolute Gasteiger partial charge is 0.0369 e. The van der Waals surface area contributed by atoms with Crippen LogP contribution in [0.2, 0.25) is 0 Å². The van der Waals surface area contributed by atoms with Crippen LogP contribution in [0.3, 0.4) is 0 Å². The lowest BCUT2D eigenvalue weighted by molar-refractivity contribution is 0.589. The quantitative estimate of drug-likeness (QED) is 0.842. The lowest BCUT2D eigenvalue weighted by atomic mass is 9.96. The summed E-state index contributed by atoms with van der Waals surface area (Å²) in [5.41, 5.74) is 6.65. The van der Waals surface area contributed by atoms with E-state index in [0.29, 0.717) is 6.04 Å². The Bertz CT molecular complexity index is 584. The summed E-state index contributed by atoms with van der Waals surface area (Å²) in [6.07, 6.45) is 1.00. The van der Waals surface area contributed by atoms with Gasteiger partial charge in [0.15, 0.2) is 0 Å². The number of nitrogens with one attached hydrogen (secondary N) is 1. The van der Waals surface area contributed by atoms with E-state index in [0.717, 1.165) is 6.42 Å². The number of hydrogen-bond acceptors (Lipinski definition) is 1. The average Bonchev–Trinajstić information content (AvgIpc) is 2.38. The predicted octanol–water partition coefficient (Wildman–Crippen LogP) is 4.88. The monoisotopic (exact) mass is 331 g/mol. The van der Waals surface area contributed by atoms with Crippen molar-refractivity contribution in [2.45, 2.75) is 33.2 Å². The Hall–Kier alpha value is -1.12. The van der Waals surface area contributed by atoms with Crippen molar-refractivity contribution < 1.29 is 0 Å². The summed E-state index contributed by atoms with van der Waals surface area (Å²) in [6, 6.07) is 13.6. The molecule has 1 atom stereocenters. The number of rotatable bonds is 4. The Morgan fingerprint density at radius 1 is 1.05 bits per heavy atom. The molecule has 0 radical (unpaired) electrons. The highest BCUT2D eigenvalue weighted by molar-refractivity contribution is 9.10. The Labute approximate surface area is 130 Å². The van der Waals surface area contributed by atoms with E-state index in [9.17, 15) is 0 Å². The average molecular weight is 332 g/mol. The van der Waals surface area contributed by atoms with Crippen LogP contribution >= 0.6 is 15.9 Å². The number of halogens is 1. The summed E-state index contributed by atoms with van der Waals surface area (Å²) in [4.78, 5) is 0. The molecule has 2 rings (SSSR count). The molecule has 0 bridgehead atoms. The topological polar surface area (TPSA) is 12.0 Å². The molecule has 0 aliphatic carbocycles. The van der Waals surface area contributed by atoms with Gasteiger partial charge in [0.05, 0.1) is 0 Å². The van der Waals surface area contributed by atoms with Gasteiger partial charge in [-0.05, 0) is 50.9 Å². The lowest BCUT2D eigenvalue weighted by Gasteiger charge is -2.20. The van der Waals surface area contributed by atoms with Crippen LogP contribution < -0.4 is 5.32 Å². The van der Waals surface area contributed by atoms with Crippen LogP contribution in [0.25, 0.3) is 0 Å². The molecule has 0 aliphatic heterocycles. The van der Waals surface area contributed by atoms with E-state index in [1.165, 1.54) is 32.3 Å². The zero-order valence-corrected chi connectivity index (χ0v) is 14.2. The minimum atomic E-state index is 0.325. The van der Waals surface area contributed by atoms with Gasteiger partial charge in [-0.1, -0.05) is 63.5 Å². The Kier molecular flexibility index (Phi) is 5.00. The first-order valence-corrected chi connectivity index (χ1v) is 7.80. The maximum absolute atomic E-state index is 3.72. The number of likely N-dealkylation sites (N-methyl/N-ethyl adjacent to an activating group) is 1. The fraction of sp³-hybridized carbons (Fsp3) is 0.333. The molecule has 1 unspecified atom stereocenters. The van der Waals surface area contributed by atoms with Gasteiger partial charge >= 0.3 is 0 Å². The fourth-order valence-electron chi connectivity index (χ4n) is 2.73. The van der Waals surface area contributed by atoms with E-state index in [1.807, 2.05) is 7.05 Å². The lowest BCUT2D eigenvalue weighted by Crippen LogP contribution is -2.19. The first kappa shape index (κ1) is 15.3. The van der Waals surface area contributed by atoms with Gasteiger partial charge in [0.1, 0.15) is 0 Å². The molecule has 0 fully saturated rings. The number of benzene rings is 2. The van der Waals surface area contributed by atoms with Gasteiger partial charge in [0, 0.05) is 10.5 Å². The summed E-state index contributed by atoms with van der Waals surface area (Å²) in [5.74, 6) is 0. The van der Waals surface area contributed by atoms with Crippen LogP contribution in [0.15, 0.2) is 40.9 Å². The Morgan fingerprint density at radius 2 is 1.70 bits per heavy atom. The van der Waals surface area contributed by atoms with Crippen LogP contribution in [0.5, 0.6) is 0 Å². The van der Waals surface area contributed by atoms with Gasteiger partial charge in [0.25, 0.3) is 0 Å². The highest BCUT2D eigenvalue weighted by atomic mass is 79.9. The first-order valence-electron chi connectivity index (χ1n) is 7.00. The highest BCUT2D eigenvalue weighted by Crippen LogP contribution is 2.29. The summed E-state index contributed by atoms with van der Waals surface area (Å²) in [6.45, 7) is 6.46. The van der Waals surface area contributed by atoms with Crippen LogP contribution in [-0.2, 0) is 6.42 Å². The largest absolute Gasteiger partial charge is 0.313 e. The molecular formula is C18H22BrN. The Balaban J connectivity index is 2.31. The third-order valence-electron chi connectivity index (χ3n) is 3.67. The van der Waals surface area contributed by atoms with Crippen molar-refractivity contribution in [3.05, 3.63) is 68.7 Å². The third-order valence-corrected chi connectivity index (χ3v) is 4.75.